The van der Waals surface area contributed by atoms with Crippen LogP contribution in [0.4, 0.5) is 11.4 Å². The van der Waals surface area contributed by atoms with Crippen LogP contribution in [0.1, 0.15) is 5.56 Å². The van der Waals surface area contributed by atoms with E-state index in [-0.39, 0.29) is 0 Å². The van der Waals surface area contributed by atoms with Crippen molar-refractivity contribution in [3.8, 4) is 39.7 Å². The molecule has 0 aliphatic heterocycles. The maximum atomic E-state index is 9.63. The van der Waals surface area contributed by atoms with E-state index in [9.17, 15) is 5.26 Å². The van der Waals surface area contributed by atoms with Gasteiger partial charge in [-0.15, -0.1) is 0 Å². The Labute approximate surface area is 288 Å². The van der Waals surface area contributed by atoms with Crippen molar-refractivity contribution in [1.82, 2.24) is 9.13 Å². The maximum Gasteiger partial charge on any atom is 0.195 e. The molecule has 0 saturated heterocycles. The molecule has 0 aliphatic rings. The van der Waals surface area contributed by atoms with E-state index in [0.717, 1.165) is 77.2 Å². The zero-order valence-electron chi connectivity index (χ0n) is 26.7. The fourth-order valence-corrected chi connectivity index (χ4v) is 7.46. The third-order valence-corrected chi connectivity index (χ3v) is 9.58. The monoisotopic (exact) mass is 635 g/mol. The van der Waals surface area contributed by atoms with E-state index in [1.807, 2.05) is 84.9 Å². The molecule has 0 unspecified atom stereocenters. The summed E-state index contributed by atoms with van der Waals surface area (Å²) in [6, 6.07) is 53.2. The lowest BCUT2D eigenvalue weighted by Crippen LogP contribution is -1.99. The molecule has 50 heavy (non-hydrogen) atoms. The van der Waals surface area contributed by atoms with Crippen LogP contribution >= 0.6 is 0 Å². The van der Waals surface area contributed by atoms with Crippen molar-refractivity contribution in [3.63, 3.8) is 0 Å². The molecule has 0 spiro atoms. The Balaban J connectivity index is 1.30. The Morgan fingerprint density at radius 3 is 1.98 bits per heavy atom. The number of rotatable bonds is 4. The van der Waals surface area contributed by atoms with E-state index >= 15 is 0 Å². The maximum absolute atomic E-state index is 9.63. The van der Waals surface area contributed by atoms with Crippen molar-refractivity contribution < 1.29 is 0 Å². The van der Waals surface area contributed by atoms with Crippen LogP contribution in [0.5, 0.6) is 0 Å². The van der Waals surface area contributed by atoms with E-state index in [0.29, 0.717) is 16.9 Å². The Kier molecular flexibility index (Phi) is 6.56. The van der Waals surface area contributed by atoms with Gasteiger partial charge >= 0.3 is 0 Å². The number of hydrogen-bond acceptors (Lipinski definition) is 1. The number of nitriles is 1. The number of nitrogens with zero attached hydrogens (tertiary/aromatic N) is 5. The van der Waals surface area contributed by atoms with E-state index in [4.69, 9.17) is 13.1 Å². The minimum atomic E-state index is 0.559. The summed E-state index contributed by atoms with van der Waals surface area (Å²) in [5.41, 5.74) is 11.4. The summed E-state index contributed by atoms with van der Waals surface area (Å²) < 4.78 is 4.47. The van der Waals surface area contributed by atoms with Crippen LogP contribution in [0.3, 0.4) is 0 Å². The molecule has 2 aromatic heterocycles. The zero-order valence-corrected chi connectivity index (χ0v) is 26.7. The van der Waals surface area contributed by atoms with Crippen molar-refractivity contribution in [2.45, 2.75) is 0 Å². The Morgan fingerprint density at radius 2 is 1.18 bits per heavy atom. The largest absolute Gasteiger partial charge is 0.310 e. The molecule has 9 aromatic rings. The molecule has 0 aliphatic carbocycles. The highest BCUT2D eigenvalue weighted by Crippen LogP contribution is 2.45. The van der Waals surface area contributed by atoms with Gasteiger partial charge in [-0.1, -0.05) is 97.1 Å². The molecule has 0 bridgehead atoms. The zero-order chi connectivity index (χ0) is 33.8. The lowest BCUT2D eigenvalue weighted by molar-refractivity contribution is 1.18. The fourth-order valence-electron chi connectivity index (χ4n) is 7.46. The lowest BCUT2D eigenvalue weighted by atomic mass is 9.91. The van der Waals surface area contributed by atoms with Gasteiger partial charge in [0.1, 0.15) is 0 Å². The van der Waals surface area contributed by atoms with Gasteiger partial charge in [0.15, 0.2) is 11.4 Å². The molecule has 0 fully saturated rings. The normalized spacial score (nSPS) is 11.1. The molecule has 2 heterocycles. The van der Waals surface area contributed by atoms with Crippen molar-refractivity contribution in [2.75, 3.05) is 0 Å². The smallest absolute Gasteiger partial charge is 0.195 e. The third kappa shape index (κ3) is 4.31. The van der Waals surface area contributed by atoms with Crippen LogP contribution in [-0.2, 0) is 0 Å². The van der Waals surface area contributed by atoms with Crippen LogP contribution in [0.2, 0.25) is 0 Å². The highest BCUT2D eigenvalue weighted by Gasteiger charge is 2.21. The van der Waals surface area contributed by atoms with E-state index in [2.05, 4.69) is 91.6 Å². The number of fused-ring (bicyclic) bond motifs is 6. The summed E-state index contributed by atoms with van der Waals surface area (Å²) in [6.07, 6.45) is 0. The first-order valence-corrected chi connectivity index (χ1v) is 16.2. The molecular weight excluding hydrogens is 611 g/mol. The van der Waals surface area contributed by atoms with Gasteiger partial charge in [-0.3, -0.25) is 0 Å². The summed E-state index contributed by atoms with van der Waals surface area (Å²) in [6.45, 7) is 16.0. The molecule has 230 valence electrons. The van der Waals surface area contributed by atoms with Gasteiger partial charge in [0.2, 0.25) is 0 Å². The molecule has 5 heteroatoms. The minimum absolute atomic E-state index is 0.559. The molecule has 0 amide bonds. The standard InChI is InChI=1S/C45H25N5/c1-47-31-22-23-36-34-13-3-7-19-41(34)50(44(36)27-31)42-20-8-5-15-37(42)45-33(16-10-17-39(45)48-2)30-11-9-12-32(26-30)49-40-18-6-4-14-35(40)38-25-29(28-46)21-24-43(38)49/h3-27H. The number of hydrogen-bond donors (Lipinski definition) is 0. The first kappa shape index (κ1) is 28.8. The minimum Gasteiger partial charge on any atom is -0.310 e. The average Bonchev–Trinajstić information content (AvgIpc) is 3.69. The predicted octanol–water partition coefficient (Wildman–Crippen LogP) is 12.2. The molecular formula is C45H25N5. The van der Waals surface area contributed by atoms with Gasteiger partial charge in [-0.25, -0.2) is 9.69 Å². The quantitative estimate of drug-likeness (QED) is 0.177. The second-order valence-corrected chi connectivity index (χ2v) is 12.2. The van der Waals surface area contributed by atoms with Crippen LogP contribution in [-0.4, -0.2) is 9.13 Å². The summed E-state index contributed by atoms with van der Waals surface area (Å²) in [7, 11) is 0. The Bertz CT molecular complexity index is 2970. The molecule has 0 N–H and O–H groups in total. The van der Waals surface area contributed by atoms with Crippen molar-refractivity contribution in [3.05, 3.63) is 180 Å². The first-order valence-electron chi connectivity index (χ1n) is 16.2. The Hall–Kier alpha value is -7.39. The number of para-hydroxylation sites is 3. The molecule has 9 rings (SSSR count). The summed E-state index contributed by atoms with van der Waals surface area (Å²) in [5, 5.41) is 13.9. The van der Waals surface area contributed by atoms with Crippen molar-refractivity contribution in [2.24, 2.45) is 0 Å². The van der Waals surface area contributed by atoms with Gasteiger partial charge in [0.25, 0.3) is 0 Å². The molecule has 0 radical (unpaired) electrons. The SMILES string of the molecule is [C-]#[N+]c1ccc2c3ccccc3n(-c3ccccc3-c3c([N+]#[C-])cccc3-c3cccc(-n4c5ccccc5c5cc(C#N)ccc54)c3)c2c1. The summed E-state index contributed by atoms with van der Waals surface area (Å²) >= 11 is 0. The van der Waals surface area contributed by atoms with Gasteiger partial charge in [0, 0.05) is 32.7 Å². The van der Waals surface area contributed by atoms with Crippen LogP contribution in [0.25, 0.3) is 86.9 Å². The van der Waals surface area contributed by atoms with E-state index < -0.39 is 0 Å². The first-order chi connectivity index (χ1) is 24.7. The Morgan fingerprint density at radius 1 is 0.500 bits per heavy atom. The molecule has 5 nitrogen and oxygen atoms in total. The van der Waals surface area contributed by atoms with Gasteiger partial charge in [0.05, 0.1) is 47.0 Å². The van der Waals surface area contributed by atoms with Gasteiger partial charge in [-0.2, -0.15) is 5.26 Å². The van der Waals surface area contributed by atoms with Gasteiger partial charge in [-0.05, 0) is 76.9 Å². The molecule has 7 aromatic carbocycles. The van der Waals surface area contributed by atoms with Crippen molar-refractivity contribution in [1.29, 1.82) is 5.26 Å². The summed E-state index contributed by atoms with van der Waals surface area (Å²) in [5.74, 6) is 0. The second-order valence-electron chi connectivity index (χ2n) is 12.2. The lowest BCUT2D eigenvalue weighted by Gasteiger charge is -2.19. The molecule has 0 saturated carbocycles. The predicted molar refractivity (Wildman–Crippen MR) is 203 cm³/mol. The fraction of sp³-hybridized carbons (Fsp3) is 0. The number of aromatic nitrogens is 2. The number of benzene rings is 7. The topological polar surface area (TPSA) is 42.4 Å². The summed E-state index contributed by atoms with van der Waals surface area (Å²) in [4.78, 5) is 7.79. The average molecular weight is 636 g/mol. The van der Waals surface area contributed by atoms with Crippen LogP contribution in [0, 0.1) is 24.5 Å². The highest BCUT2D eigenvalue weighted by atomic mass is 15.0. The van der Waals surface area contributed by atoms with Crippen LogP contribution < -0.4 is 0 Å². The molecule has 0 atom stereocenters. The van der Waals surface area contributed by atoms with Gasteiger partial charge < -0.3 is 9.13 Å². The highest BCUT2D eigenvalue weighted by molar-refractivity contribution is 6.12. The van der Waals surface area contributed by atoms with E-state index in [1.54, 1.807) is 0 Å². The van der Waals surface area contributed by atoms with Crippen molar-refractivity contribution >= 4 is 55.0 Å². The van der Waals surface area contributed by atoms with Crippen LogP contribution in [0.15, 0.2) is 152 Å². The second kappa shape index (κ2) is 11.4. The van der Waals surface area contributed by atoms with E-state index in [1.165, 1.54) is 0 Å². The third-order valence-electron chi connectivity index (χ3n) is 9.58.